The van der Waals surface area contributed by atoms with Crippen molar-refractivity contribution in [3.05, 3.63) is 60.7 Å². The molecule has 12 heteroatoms. The third-order valence-corrected chi connectivity index (χ3v) is 12.7. The van der Waals surface area contributed by atoms with Gasteiger partial charge in [0.25, 0.3) is 8.32 Å². The van der Waals surface area contributed by atoms with Crippen LogP contribution < -0.4 is 10.4 Å². The molecule has 0 bridgehead atoms. The monoisotopic (exact) mass is 679 g/mol. The lowest BCUT2D eigenvalue weighted by molar-refractivity contribution is -0.181. The van der Waals surface area contributed by atoms with E-state index >= 15 is 0 Å². The van der Waals surface area contributed by atoms with Crippen LogP contribution in [0.15, 0.2) is 60.7 Å². The number of rotatable bonds is 19. The smallest absolute Gasteiger partial charge is 0.329 e. The van der Waals surface area contributed by atoms with Crippen molar-refractivity contribution in [2.75, 3.05) is 13.3 Å². The fraction of sp³-hybridized carbons (Fsp3) is 0.571. The van der Waals surface area contributed by atoms with Crippen LogP contribution >= 0.6 is 0 Å². The summed E-state index contributed by atoms with van der Waals surface area (Å²) in [5.74, 6) is -2.43. The zero-order valence-electron chi connectivity index (χ0n) is 27.8. The maximum Gasteiger partial charge on any atom is 0.329 e. The van der Waals surface area contributed by atoms with Crippen molar-refractivity contribution in [3.63, 3.8) is 0 Å². The van der Waals surface area contributed by atoms with Gasteiger partial charge in [0.1, 0.15) is 11.6 Å². The Balaban J connectivity index is 2.14. The van der Waals surface area contributed by atoms with Crippen molar-refractivity contribution in [2.24, 2.45) is 0 Å². The van der Waals surface area contributed by atoms with Crippen molar-refractivity contribution in [1.29, 1.82) is 0 Å². The Morgan fingerprint density at radius 3 is 1.96 bits per heavy atom. The van der Waals surface area contributed by atoms with E-state index < -0.39 is 56.7 Å². The van der Waals surface area contributed by atoms with Crippen molar-refractivity contribution in [3.8, 4) is 0 Å². The maximum absolute atomic E-state index is 14.8. The maximum atomic E-state index is 14.8. The number of alkyl halides is 3. The molecule has 5 atom stereocenters. The SMILES string of the molecule is CCCC(F)OC(=O)[C@H]1CC[C@@](CCOC(C)=O)(C(=O)OC(F)CCC)N1CO[Si](CCC(C)F)(c1ccccc1)c1ccccc1. The van der Waals surface area contributed by atoms with E-state index in [1.54, 1.807) is 13.8 Å². The van der Waals surface area contributed by atoms with Crippen LogP contribution in [0.2, 0.25) is 6.04 Å². The number of nitrogens with zero attached hydrogens (tertiary/aromatic N) is 1. The molecular weight excluding hydrogens is 631 g/mol. The molecule has 0 aliphatic carbocycles. The van der Waals surface area contributed by atoms with E-state index in [-0.39, 0.29) is 51.9 Å². The average Bonchev–Trinajstić information content (AvgIpc) is 3.41. The molecule has 2 aromatic carbocycles. The van der Waals surface area contributed by atoms with E-state index in [0.717, 1.165) is 10.4 Å². The van der Waals surface area contributed by atoms with Crippen molar-refractivity contribution >= 4 is 36.6 Å². The van der Waals surface area contributed by atoms with Gasteiger partial charge in [-0.05, 0) is 55.4 Å². The van der Waals surface area contributed by atoms with Crippen LogP contribution in [0.3, 0.4) is 0 Å². The van der Waals surface area contributed by atoms with Crippen molar-refractivity contribution < 1.29 is 46.2 Å². The minimum absolute atomic E-state index is 0.00536. The van der Waals surface area contributed by atoms with Gasteiger partial charge >= 0.3 is 17.9 Å². The molecule has 0 amide bonds. The predicted molar refractivity (Wildman–Crippen MR) is 174 cm³/mol. The van der Waals surface area contributed by atoms with Gasteiger partial charge in [-0.1, -0.05) is 74.5 Å². The Labute approximate surface area is 277 Å². The van der Waals surface area contributed by atoms with Gasteiger partial charge < -0.3 is 18.6 Å². The predicted octanol–water partition coefficient (Wildman–Crippen LogP) is 5.90. The molecule has 3 unspecified atom stereocenters. The lowest BCUT2D eigenvalue weighted by Gasteiger charge is -2.41. The molecular formula is C35H48F3NO7Si. The van der Waals surface area contributed by atoms with Gasteiger partial charge in [-0.3, -0.25) is 14.5 Å². The van der Waals surface area contributed by atoms with Gasteiger partial charge in [0.15, 0.2) is 0 Å². The molecule has 1 aliphatic heterocycles. The minimum Gasteiger partial charge on any atom is -0.466 e. The van der Waals surface area contributed by atoms with E-state index in [1.807, 2.05) is 60.7 Å². The fourth-order valence-electron chi connectivity index (χ4n) is 6.08. The molecule has 1 heterocycles. The fourth-order valence-corrected chi connectivity index (χ4v) is 10.1. The number of likely N-dealkylation sites (tertiary alicyclic amines) is 1. The summed E-state index contributed by atoms with van der Waals surface area (Å²) in [4.78, 5) is 40.6. The minimum atomic E-state index is -3.30. The summed E-state index contributed by atoms with van der Waals surface area (Å²) in [5, 5.41) is 1.69. The van der Waals surface area contributed by atoms with Crippen LogP contribution in [-0.2, 0) is 33.0 Å². The summed E-state index contributed by atoms with van der Waals surface area (Å²) in [6, 6.07) is 18.0. The highest BCUT2D eigenvalue weighted by atomic mass is 28.4. The van der Waals surface area contributed by atoms with Crippen LogP contribution in [0, 0.1) is 0 Å². The third-order valence-electron chi connectivity index (χ3n) is 8.57. The highest BCUT2D eigenvalue weighted by Gasteiger charge is 2.57. The lowest BCUT2D eigenvalue weighted by atomic mass is 9.92. The van der Waals surface area contributed by atoms with Gasteiger partial charge in [-0.15, -0.1) is 0 Å². The number of hydrogen-bond donors (Lipinski definition) is 0. The van der Waals surface area contributed by atoms with E-state index in [9.17, 15) is 27.6 Å². The van der Waals surface area contributed by atoms with E-state index in [1.165, 1.54) is 18.7 Å². The van der Waals surface area contributed by atoms with E-state index in [4.69, 9.17) is 18.6 Å². The summed E-state index contributed by atoms with van der Waals surface area (Å²) in [6.07, 6.45) is -3.98. The molecule has 8 nitrogen and oxygen atoms in total. The molecule has 0 saturated carbocycles. The Kier molecular flexibility index (Phi) is 14.9. The summed E-state index contributed by atoms with van der Waals surface area (Å²) in [7, 11) is -3.30. The molecule has 0 N–H and O–H groups in total. The zero-order valence-corrected chi connectivity index (χ0v) is 28.8. The van der Waals surface area contributed by atoms with Crippen LogP contribution in [-0.4, -0.2) is 74.9 Å². The third kappa shape index (κ3) is 10.1. The van der Waals surface area contributed by atoms with Gasteiger partial charge in [-0.2, -0.15) is 0 Å². The number of ether oxygens (including phenoxy) is 3. The number of benzene rings is 2. The van der Waals surface area contributed by atoms with Gasteiger partial charge in [0.05, 0.1) is 19.5 Å². The molecule has 0 spiro atoms. The van der Waals surface area contributed by atoms with Crippen LogP contribution in [0.4, 0.5) is 13.2 Å². The molecule has 47 heavy (non-hydrogen) atoms. The molecule has 2 aromatic rings. The Hall–Kier alpha value is -3.22. The first-order valence-corrected chi connectivity index (χ1v) is 18.6. The van der Waals surface area contributed by atoms with Gasteiger partial charge in [0.2, 0.25) is 12.7 Å². The summed E-state index contributed by atoms with van der Waals surface area (Å²) in [5.41, 5.74) is -1.67. The zero-order chi connectivity index (χ0) is 34.5. The second kappa shape index (κ2) is 18.4. The molecule has 1 saturated heterocycles. The number of esters is 3. The Bertz CT molecular complexity index is 1230. The van der Waals surface area contributed by atoms with Gasteiger partial charge in [-0.25, -0.2) is 18.0 Å². The quantitative estimate of drug-likeness (QED) is 0.103. The van der Waals surface area contributed by atoms with E-state index in [0.29, 0.717) is 18.9 Å². The summed E-state index contributed by atoms with van der Waals surface area (Å²) < 4.78 is 66.5. The first-order chi connectivity index (χ1) is 22.5. The average molecular weight is 680 g/mol. The van der Waals surface area contributed by atoms with Crippen LogP contribution in [0.5, 0.6) is 0 Å². The lowest BCUT2D eigenvalue weighted by Crippen LogP contribution is -2.64. The summed E-state index contributed by atoms with van der Waals surface area (Å²) in [6.45, 7) is 5.63. The van der Waals surface area contributed by atoms with Crippen LogP contribution in [0.25, 0.3) is 0 Å². The molecule has 260 valence electrons. The molecule has 0 aromatic heterocycles. The first kappa shape index (κ1) is 38.2. The van der Waals surface area contributed by atoms with E-state index in [2.05, 4.69) is 0 Å². The number of carbonyl (C=O) groups excluding carboxylic acids is 3. The highest BCUT2D eigenvalue weighted by molar-refractivity contribution is 6.97. The largest absolute Gasteiger partial charge is 0.466 e. The van der Waals surface area contributed by atoms with Gasteiger partial charge in [0, 0.05) is 26.2 Å². The first-order valence-electron chi connectivity index (χ1n) is 16.5. The Morgan fingerprint density at radius 2 is 1.45 bits per heavy atom. The molecule has 1 aliphatic rings. The van der Waals surface area contributed by atoms with Crippen molar-refractivity contribution in [2.45, 2.75) is 116 Å². The molecule has 3 rings (SSSR count). The summed E-state index contributed by atoms with van der Waals surface area (Å²) >= 11 is 0. The topological polar surface area (TPSA) is 91.4 Å². The number of halogens is 3. The van der Waals surface area contributed by atoms with Crippen molar-refractivity contribution in [1.82, 2.24) is 4.90 Å². The Morgan fingerprint density at radius 1 is 0.894 bits per heavy atom. The highest BCUT2D eigenvalue weighted by Crippen LogP contribution is 2.40. The number of carbonyl (C=O) groups is 3. The normalized spacial score (nSPS) is 20.3. The van der Waals surface area contributed by atoms with Crippen LogP contribution in [0.1, 0.15) is 79.1 Å². The standard InChI is InChI=1S/C35H48F3NO7Si/c1-5-13-31(37)45-33(41)30-19-21-35(22-23-43-27(4)40,34(42)46-32(38)14-6-2)39(30)25-44-47(24-20-26(3)36,28-15-9-7-10-16-28)29-17-11-8-12-18-29/h7-12,15-18,26,30-32H,5-6,13-14,19-25H2,1-4H3/t26?,30-,31?,32?,35-/m1/s1. The molecule has 1 fully saturated rings. The molecule has 0 radical (unpaired) electrons. The second-order valence-electron chi connectivity index (χ2n) is 12.0. The second-order valence-corrected chi connectivity index (χ2v) is 15.6. The number of hydrogen-bond acceptors (Lipinski definition) is 8.